The number of amides is 2. The average molecular weight is 552 g/mol. The van der Waals surface area contributed by atoms with Gasteiger partial charge in [-0.15, -0.1) is 0 Å². The first-order valence-corrected chi connectivity index (χ1v) is 13.3. The highest BCUT2D eigenvalue weighted by Crippen LogP contribution is 2.35. The van der Waals surface area contributed by atoms with Crippen LogP contribution in [0.25, 0.3) is 21.5 Å². The number of fused-ring (bicyclic) bond motifs is 1. The summed E-state index contributed by atoms with van der Waals surface area (Å²) < 4.78 is 6.32. The molecule has 0 radical (unpaired) electrons. The predicted octanol–water partition coefficient (Wildman–Crippen LogP) is 4.48. The zero-order chi connectivity index (χ0) is 26.8. The first-order valence-electron chi connectivity index (χ1n) is 12.1. The number of halogens is 1. The van der Waals surface area contributed by atoms with Crippen molar-refractivity contribution in [1.82, 2.24) is 25.3 Å². The second kappa shape index (κ2) is 10.9. The van der Waals surface area contributed by atoms with Gasteiger partial charge in [-0.3, -0.25) is 19.9 Å². The van der Waals surface area contributed by atoms with E-state index in [1.54, 1.807) is 19.2 Å². The van der Waals surface area contributed by atoms with Gasteiger partial charge in [0, 0.05) is 49.1 Å². The predicted molar refractivity (Wildman–Crippen MR) is 148 cm³/mol. The highest BCUT2D eigenvalue weighted by Gasteiger charge is 2.22. The fraction of sp³-hybridized carbons (Fsp3) is 0.308. The van der Waals surface area contributed by atoms with Crippen LogP contribution < -0.4 is 20.3 Å². The minimum absolute atomic E-state index is 0.00280. The summed E-state index contributed by atoms with van der Waals surface area (Å²) in [6.07, 6.45) is 6.61. The number of nitrogens with one attached hydrogen (secondary N) is 2. The van der Waals surface area contributed by atoms with E-state index >= 15 is 0 Å². The molecular weight excluding hydrogens is 526 g/mol. The SMILES string of the molecule is COc1cnc(Cl)cc1-c1cc(C)ncc1C(=O)Nc1nc2ncc(N3CCC(NC(C)=O)CC3)cc2s1. The van der Waals surface area contributed by atoms with Crippen LogP contribution in [0.2, 0.25) is 5.15 Å². The molecule has 5 heterocycles. The molecule has 0 atom stereocenters. The van der Waals surface area contributed by atoms with Crippen molar-refractivity contribution < 1.29 is 14.3 Å². The summed E-state index contributed by atoms with van der Waals surface area (Å²) >= 11 is 7.50. The standard InChI is InChI=1S/C26H26ClN7O3S/c1-14-8-18(19-10-23(27)29-13-21(19)37-3)20(12-28-14)25(36)33-26-32-24-22(38-26)9-17(11-30-24)34-6-4-16(5-7-34)31-15(2)35/h8-13,16H,4-7H2,1-3H3,(H,31,35)(H,30,32,33,36). The minimum atomic E-state index is -0.359. The van der Waals surface area contributed by atoms with E-state index in [1.807, 2.05) is 19.1 Å². The minimum Gasteiger partial charge on any atom is -0.494 e. The van der Waals surface area contributed by atoms with Gasteiger partial charge in [0.2, 0.25) is 5.91 Å². The Labute approximate surface area is 228 Å². The number of aromatic nitrogens is 4. The third-order valence-electron chi connectivity index (χ3n) is 6.35. The summed E-state index contributed by atoms with van der Waals surface area (Å²) in [4.78, 5) is 44.4. The molecule has 5 rings (SSSR count). The Morgan fingerprint density at radius 3 is 2.61 bits per heavy atom. The molecule has 0 saturated carbocycles. The van der Waals surface area contributed by atoms with Crippen molar-refractivity contribution in [2.75, 3.05) is 30.4 Å². The molecule has 10 nitrogen and oxygen atoms in total. The summed E-state index contributed by atoms with van der Waals surface area (Å²) in [5.41, 5.74) is 3.91. The van der Waals surface area contributed by atoms with Gasteiger partial charge in [-0.25, -0.2) is 9.97 Å². The van der Waals surface area contributed by atoms with Gasteiger partial charge in [0.25, 0.3) is 5.91 Å². The number of methoxy groups -OCH3 is 1. The highest BCUT2D eigenvalue weighted by molar-refractivity contribution is 7.22. The summed E-state index contributed by atoms with van der Waals surface area (Å²) in [6, 6.07) is 5.71. The third-order valence-corrected chi connectivity index (χ3v) is 7.46. The molecule has 196 valence electrons. The maximum absolute atomic E-state index is 13.4. The van der Waals surface area contributed by atoms with E-state index in [2.05, 4.69) is 35.5 Å². The van der Waals surface area contributed by atoms with E-state index in [9.17, 15) is 9.59 Å². The lowest BCUT2D eigenvalue weighted by Gasteiger charge is -2.33. The molecule has 0 aliphatic carbocycles. The summed E-state index contributed by atoms with van der Waals surface area (Å²) in [5.74, 6) is 0.136. The molecule has 0 aromatic carbocycles. The van der Waals surface area contributed by atoms with Crippen molar-refractivity contribution in [2.45, 2.75) is 32.7 Å². The number of hydrogen-bond donors (Lipinski definition) is 2. The maximum Gasteiger partial charge on any atom is 0.259 e. The van der Waals surface area contributed by atoms with Crippen molar-refractivity contribution in [1.29, 1.82) is 0 Å². The van der Waals surface area contributed by atoms with Crippen LogP contribution in [0.15, 0.2) is 36.8 Å². The molecule has 38 heavy (non-hydrogen) atoms. The van der Waals surface area contributed by atoms with Crippen molar-refractivity contribution in [2.24, 2.45) is 0 Å². The number of anilines is 2. The van der Waals surface area contributed by atoms with Crippen molar-refractivity contribution in [3.05, 3.63) is 53.2 Å². The first-order chi connectivity index (χ1) is 18.3. The zero-order valence-corrected chi connectivity index (χ0v) is 22.7. The fourth-order valence-corrected chi connectivity index (χ4v) is 5.54. The molecule has 0 spiro atoms. The van der Waals surface area contributed by atoms with Crippen LogP contribution >= 0.6 is 22.9 Å². The van der Waals surface area contributed by atoms with E-state index < -0.39 is 0 Å². The largest absolute Gasteiger partial charge is 0.494 e. The number of pyridine rings is 3. The molecule has 1 saturated heterocycles. The number of carbonyl (C=O) groups is 2. The lowest BCUT2D eigenvalue weighted by atomic mass is 10.0. The van der Waals surface area contributed by atoms with E-state index in [0.29, 0.717) is 33.2 Å². The number of piperidine rings is 1. The quantitative estimate of drug-likeness (QED) is 0.336. The third kappa shape index (κ3) is 5.53. The van der Waals surface area contributed by atoms with Crippen molar-refractivity contribution in [3.63, 3.8) is 0 Å². The Morgan fingerprint density at radius 1 is 1.08 bits per heavy atom. The molecule has 4 aromatic heterocycles. The van der Waals surface area contributed by atoms with Crippen molar-refractivity contribution >= 4 is 55.9 Å². The second-order valence-electron chi connectivity index (χ2n) is 9.03. The van der Waals surface area contributed by atoms with Gasteiger partial charge < -0.3 is 15.0 Å². The lowest BCUT2D eigenvalue weighted by Crippen LogP contribution is -2.44. The number of carbonyl (C=O) groups excluding carboxylic acids is 2. The fourth-order valence-electron chi connectivity index (χ4n) is 4.52. The lowest BCUT2D eigenvalue weighted by molar-refractivity contribution is -0.119. The monoisotopic (exact) mass is 551 g/mol. The van der Waals surface area contributed by atoms with Gasteiger partial charge >= 0.3 is 0 Å². The summed E-state index contributed by atoms with van der Waals surface area (Å²) in [6.45, 7) is 5.05. The topological polar surface area (TPSA) is 122 Å². The van der Waals surface area contributed by atoms with Gasteiger partial charge in [-0.1, -0.05) is 22.9 Å². The molecule has 1 fully saturated rings. The normalized spacial score (nSPS) is 13.9. The smallest absolute Gasteiger partial charge is 0.259 e. The number of rotatable bonds is 6. The van der Waals surface area contributed by atoms with Crippen LogP contribution in [0.3, 0.4) is 0 Å². The van der Waals surface area contributed by atoms with Crippen molar-refractivity contribution in [3.8, 4) is 16.9 Å². The molecule has 1 aliphatic rings. The number of thiazole rings is 1. The van der Waals surface area contributed by atoms with Crippen LogP contribution in [-0.2, 0) is 4.79 Å². The Hall–Kier alpha value is -3.83. The molecule has 4 aromatic rings. The maximum atomic E-state index is 13.4. The van der Waals surface area contributed by atoms with Gasteiger partial charge in [0.05, 0.1) is 35.5 Å². The number of aryl methyl sites for hydroxylation is 1. The highest BCUT2D eigenvalue weighted by atomic mass is 35.5. The molecule has 2 N–H and O–H groups in total. The Balaban J connectivity index is 1.37. The van der Waals surface area contributed by atoms with Crippen LogP contribution in [0.5, 0.6) is 5.75 Å². The van der Waals surface area contributed by atoms with E-state index in [4.69, 9.17) is 16.3 Å². The van der Waals surface area contributed by atoms with Gasteiger partial charge in [0.1, 0.15) is 10.9 Å². The van der Waals surface area contributed by atoms with Crippen LogP contribution in [0, 0.1) is 6.92 Å². The van der Waals surface area contributed by atoms with Gasteiger partial charge in [-0.2, -0.15) is 4.98 Å². The Kier molecular flexibility index (Phi) is 7.39. The second-order valence-corrected chi connectivity index (χ2v) is 10.4. The summed E-state index contributed by atoms with van der Waals surface area (Å²) in [5, 5.41) is 6.61. The Morgan fingerprint density at radius 2 is 1.87 bits per heavy atom. The van der Waals surface area contributed by atoms with E-state index in [-0.39, 0.29) is 23.0 Å². The Bertz CT molecular complexity index is 1520. The molecule has 1 aliphatic heterocycles. The van der Waals surface area contributed by atoms with Crippen LogP contribution in [-0.4, -0.2) is 58.0 Å². The van der Waals surface area contributed by atoms with Crippen LogP contribution in [0.1, 0.15) is 35.8 Å². The average Bonchev–Trinajstić information content (AvgIpc) is 3.30. The molecular formula is C26H26ClN7O3S. The molecule has 0 unspecified atom stereocenters. The number of nitrogens with zero attached hydrogens (tertiary/aromatic N) is 5. The van der Waals surface area contributed by atoms with E-state index in [1.165, 1.54) is 30.8 Å². The first kappa shape index (κ1) is 25.8. The zero-order valence-electron chi connectivity index (χ0n) is 21.1. The van der Waals surface area contributed by atoms with E-state index in [0.717, 1.165) is 42.0 Å². The van der Waals surface area contributed by atoms with Gasteiger partial charge in [-0.05, 0) is 38.0 Å². The van der Waals surface area contributed by atoms with Gasteiger partial charge in [0.15, 0.2) is 10.8 Å². The number of hydrogen-bond acceptors (Lipinski definition) is 9. The molecule has 12 heteroatoms. The number of ether oxygens (including phenoxy) is 1. The summed E-state index contributed by atoms with van der Waals surface area (Å²) in [7, 11) is 1.54. The van der Waals surface area contributed by atoms with Crippen LogP contribution in [0.4, 0.5) is 10.8 Å². The molecule has 2 amide bonds. The molecule has 0 bridgehead atoms.